The average molecular weight is 397 g/mol. The van der Waals surface area contributed by atoms with Gasteiger partial charge >= 0.3 is 11.9 Å². The van der Waals surface area contributed by atoms with E-state index in [1.807, 2.05) is 0 Å². The number of alkyl halides is 3. The predicted molar refractivity (Wildman–Crippen MR) is 87.6 cm³/mol. The number of hydrogen-bond donors (Lipinski definition) is 1. The van der Waals surface area contributed by atoms with Gasteiger partial charge in [0.15, 0.2) is 0 Å². The lowest BCUT2D eigenvalue weighted by atomic mass is 9.78. The van der Waals surface area contributed by atoms with Crippen molar-refractivity contribution in [2.75, 3.05) is 20.4 Å². The van der Waals surface area contributed by atoms with Crippen LogP contribution in [-0.4, -0.2) is 38.3 Å². The second-order valence-electron chi connectivity index (χ2n) is 6.80. The van der Waals surface area contributed by atoms with E-state index in [-0.39, 0.29) is 40.3 Å². The highest BCUT2D eigenvalue weighted by Gasteiger charge is 2.60. The van der Waals surface area contributed by atoms with Crippen molar-refractivity contribution in [1.82, 2.24) is 5.32 Å². The Morgan fingerprint density at radius 2 is 2.11 bits per heavy atom. The Balaban J connectivity index is 1.96. The molecule has 2 aliphatic heterocycles. The number of allylic oxidation sites excluding steroid dienone is 1. The zero-order valence-electron chi connectivity index (χ0n) is 14.7. The van der Waals surface area contributed by atoms with Crippen LogP contribution in [0.2, 0.25) is 0 Å². The highest BCUT2D eigenvalue weighted by molar-refractivity contribution is 6.01. The second-order valence-corrected chi connectivity index (χ2v) is 6.80. The Bertz CT molecular complexity index is 953. The van der Waals surface area contributed by atoms with Crippen molar-refractivity contribution < 1.29 is 36.6 Å². The zero-order chi connectivity index (χ0) is 20.2. The topological polar surface area (TPSA) is 64.6 Å². The van der Waals surface area contributed by atoms with E-state index in [0.29, 0.717) is 0 Å². The molecule has 0 radical (unpaired) electrons. The van der Waals surface area contributed by atoms with Gasteiger partial charge in [0.2, 0.25) is 0 Å². The molecule has 1 fully saturated rings. The van der Waals surface area contributed by atoms with Crippen molar-refractivity contribution in [2.24, 2.45) is 0 Å². The van der Waals surface area contributed by atoms with Gasteiger partial charge in [-0.25, -0.2) is 27.2 Å². The maximum atomic E-state index is 14.6. The zero-order valence-corrected chi connectivity index (χ0v) is 14.7. The van der Waals surface area contributed by atoms with Gasteiger partial charge in [0.05, 0.1) is 41.5 Å². The molecule has 0 bridgehead atoms. The number of esters is 2. The third-order valence-electron chi connectivity index (χ3n) is 5.21. The smallest absolute Gasteiger partial charge is 0.337 e. The summed E-state index contributed by atoms with van der Waals surface area (Å²) >= 11 is 0. The van der Waals surface area contributed by atoms with Gasteiger partial charge in [-0.3, -0.25) is 0 Å². The minimum atomic E-state index is -3.09. The summed E-state index contributed by atoms with van der Waals surface area (Å²) < 4.78 is 65.5. The largest absolute Gasteiger partial charge is 0.466 e. The fraction of sp³-hybridized carbons (Fsp3) is 0.368. The van der Waals surface area contributed by atoms with Crippen molar-refractivity contribution in [3.8, 4) is 0 Å². The van der Waals surface area contributed by atoms with Gasteiger partial charge in [-0.05, 0) is 11.6 Å². The molecule has 1 aromatic carbocycles. The van der Waals surface area contributed by atoms with Crippen molar-refractivity contribution in [3.05, 3.63) is 57.7 Å². The van der Waals surface area contributed by atoms with Gasteiger partial charge < -0.3 is 14.8 Å². The molecule has 0 spiro atoms. The highest BCUT2D eigenvalue weighted by atomic mass is 19.3. The Morgan fingerprint density at radius 1 is 1.39 bits per heavy atom. The van der Waals surface area contributed by atoms with Crippen LogP contribution < -0.4 is 5.32 Å². The first-order valence-corrected chi connectivity index (χ1v) is 8.50. The van der Waals surface area contributed by atoms with Gasteiger partial charge in [0.25, 0.3) is 5.92 Å². The molecule has 2 heterocycles. The van der Waals surface area contributed by atoms with E-state index in [4.69, 9.17) is 9.47 Å². The third-order valence-corrected chi connectivity index (χ3v) is 5.21. The number of methoxy groups -OCH3 is 1. The van der Waals surface area contributed by atoms with Crippen LogP contribution in [0.4, 0.5) is 17.6 Å². The van der Waals surface area contributed by atoms with Gasteiger partial charge in [-0.1, -0.05) is 12.1 Å². The fourth-order valence-electron chi connectivity index (χ4n) is 3.85. The molecule has 1 aromatic rings. The van der Waals surface area contributed by atoms with Crippen molar-refractivity contribution >= 4 is 11.9 Å². The van der Waals surface area contributed by atoms with Gasteiger partial charge in [0, 0.05) is 12.0 Å². The van der Waals surface area contributed by atoms with E-state index in [9.17, 15) is 27.2 Å². The Hall–Kier alpha value is -2.84. The highest BCUT2D eigenvalue weighted by Crippen LogP contribution is 2.58. The average Bonchev–Trinajstić information content (AvgIpc) is 3.13. The van der Waals surface area contributed by atoms with Crippen LogP contribution in [0.15, 0.2) is 40.7 Å². The molecule has 3 aliphatic rings. The predicted octanol–water partition coefficient (Wildman–Crippen LogP) is 2.84. The number of dihydropyridines is 1. The monoisotopic (exact) mass is 397 g/mol. The summed E-state index contributed by atoms with van der Waals surface area (Å²) in [6.45, 7) is -1.29. The fourth-order valence-corrected chi connectivity index (χ4v) is 3.85. The number of carbonyl (C=O) groups excluding carboxylic acids is 2. The summed E-state index contributed by atoms with van der Waals surface area (Å²) in [7, 11) is 1.07. The molecular formula is C19H15F4NO4. The lowest BCUT2D eigenvalue weighted by molar-refractivity contribution is -0.136. The summed E-state index contributed by atoms with van der Waals surface area (Å²) in [5, 5.41) is 2.65. The number of hydrogen-bond acceptors (Lipinski definition) is 5. The molecule has 5 nitrogen and oxygen atoms in total. The van der Waals surface area contributed by atoms with E-state index in [0.717, 1.165) is 13.2 Å². The summed E-state index contributed by atoms with van der Waals surface area (Å²) in [6.07, 6.45) is -0.546. The number of rotatable bonds is 4. The first-order chi connectivity index (χ1) is 13.3. The van der Waals surface area contributed by atoms with E-state index < -0.39 is 48.6 Å². The lowest BCUT2D eigenvalue weighted by Crippen LogP contribution is -2.32. The summed E-state index contributed by atoms with van der Waals surface area (Å²) in [5.41, 5.74) is -0.543. The minimum Gasteiger partial charge on any atom is -0.466 e. The van der Waals surface area contributed by atoms with E-state index in [2.05, 4.69) is 5.32 Å². The molecule has 2 atom stereocenters. The molecule has 4 rings (SSSR count). The standard InChI is InChI=1S/C19H15F4NO4/c1-27-17(25)15-11(6-20)24-12-7-28-18(26)16(12)14(15)8-3-2-4-10(21)13(8)9-5-19(9,22)23/h2-4,9,14,24H,5-7H2,1H3. The van der Waals surface area contributed by atoms with Crippen LogP contribution in [0.1, 0.15) is 29.4 Å². The number of ether oxygens (including phenoxy) is 2. The van der Waals surface area contributed by atoms with Crippen LogP contribution in [0.3, 0.4) is 0 Å². The van der Waals surface area contributed by atoms with Gasteiger partial charge in [-0.15, -0.1) is 0 Å². The first kappa shape index (κ1) is 18.5. The van der Waals surface area contributed by atoms with Crippen LogP contribution in [0.25, 0.3) is 0 Å². The SMILES string of the molecule is COC(=O)C1=C(CF)NC2=C(C(=O)OC2)C1c1cccc(F)c1C1CC1(F)F. The molecule has 1 N–H and O–H groups in total. The summed E-state index contributed by atoms with van der Waals surface area (Å²) in [4.78, 5) is 24.7. The Morgan fingerprint density at radius 3 is 2.71 bits per heavy atom. The number of cyclic esters (lactones) is 1. The van der Waals surface area contributed by atoms with Crippen LogP contribution in [0, 0.1) is 5.82 Å². The van der Waals surface area contributed by atoms with Gasteiger partial charge in [0.1, 0.15) is 19.1 Å². The maximum Gasteiger partial charge on any atom is 0.337 e. The van der Waals surface area contributed by atoms with E-state index >= 15 is 0 Å². The molecule has 28 heavy (non-hydrogen) atoms. The Kier molecular flexibility index (Phi) is 4.20. The quantitative estimate of drug-likeness (QED) is 0.625. The first-order valence-electron chi connectivity index (χ1n) is 8.50. The van der Waals surface area contributed by atoms with Crippen molar-refractivity contribution in [3.63, 3.8) is 0 Å². The molecule has 2 unspecified atom stereocenters. The summed E-state index contributed by atoms with van der Waals surface area (Å²) in [6, 6.07) is 3.69. The van der Waals surface area contributed by atoms with Crippen molar-refractivity contribution in [1.29, 1.82) is 0 Å². The minimum absolute atomic E-state index is 0.00127. The maximum absolute atomic E-state index is 14.6. The molecule has 0 aromatic heterocycles. The second kappa shape index (κ2) is 6.35. The van der Waals surface area contributed by atoms with Crippen LogP contribution >= 0.6 is 0 Å². The molecule has 9 heteroatoms. The van der Waals surface area contributed by atoms with Gasteiger partial charge in [-0.2, -0.15) is 0 Å². The molecule has 1 aliphatic carbocycles. The molecular weight excluding hydrogens is 382 g/mol. The normalized spacial score (nSPS) is 25.2. The van der Waals surface area contributed by atoms with E-state index in [1.54, 1.807) is 0 Å². The number of nitrogens with one attached hydrogen (secondary N) is 1. The molecule has 1 saturated carbocycles. The van der Waals surface area contributed by atoms with Crippen LogP contribution in [-0.2, 0) is 19.1 Å². The third kappa shape index (κ3) is 2.68. The van der Waals surface area contributed by atoms with Crippen molar-refractivity contribution in [2.45, 2.75) is 24.2 Å². The molecule has 0 amide bonds. The van der Waals surface area contributed by atoms with Crippen LogP contribution in [0.5, 0.6) is 0 Å². The Labute approximate surface area is 157 Å². The molecule has 148 valence electrons. The molecule has 0 saturated heterocycles. The van der Waals surface area contributed by atoms with E-state index in [1.165, 1.54) is 12.1 Å². The lowest BCUT2D eigenvalue weighted by Gasteiger charge is -2.29. The number of carbonyl (C=O) groups is 2. The number of halogens is 4. The number of benzene rings is 1. The summed E-state index contributed by atoms with van der Waals surface area (Å²) in [5.74, 6) is -8.36.